The van der Waals surface area contributed by atoms with Crippen LogP contribution < -0.4 is 9.80 Å². The van der Waals surface area contributed by atoms with E-state index in [0.29, 0.717) is 29.8 Å². The Balaban J connectivity index is 1.78. The van der Waals surface area contributed by atoms with Crippen molar-refractivity contribution in [3.63, 3.8) is 0 Å². The Morgan fingerprint density at radius 1 is 0.938 bits per heavy atom. The number of amides is 2. The van der Waals surface area contributed by atoms with Crippen LogP contribution in [0, 0.1) is 11.6 Å². The minimum atomic E-state index is -0.401. The summed E-state index contributed by atoms with van der Waals surface area (Å²) in [5.74, 6) is -1.08. The van der Waals surface area contributed by atoms with Gasteiger partial charge in [-0.05, 0) is 73.5 Å². The van der Waals surface area contributed by atoms with Crippen LogP contribution in [0.5, 0.6) is 0 Å². The van der Waals surface area contributed by atoms with E-state index < -0.39 is 5.82 Å². The third kappa shape index (κ3) is 4.00. The van der Waals surface area contributed by atoms with Gasteiger partial charge in [0, 0.05) is 29.4 Å². The Hall–Kier alpha value is -3.54. The Bertz CT molecular complexity index is 1130. The molecule has 4 rings (SSSR count). The van der Waals surface area contributed by atoms with Crippen molar-refractivity contribution in [3.05, 3.63) is 95.6 Å². The Kier molecular flexibility index (Phi) is 6.04. The fourth-order valence-corrected chi connectivity index (χ4v) is 4.34. The van der Waals surface area contributed by atoms with Crippen LogP contribution in [0.2, 0.25) is 0 Å². The zero-order valence-electron chi connectivity index (χ0n) is 18.0. The van der Waals surface area contributed by atoms with E-state index in [4.69, 9.17) is 0 Å². The van der Waals surface area contributed by atoms with Crippen LogP contribution >= 0.6 is 0 Å². The van der Waals surface area contributed by atoms with Crippen molar-refractivity contribution in [2.24, 2.45) is 0 Å². The molecule has 4 nitrogen and oxygen atoms in total. The minimum absolute atomic E-state index is 0.0816. The standard InChI is InChI=1S/C26H24F2N2O2/c1-3-25(31)30(21-14-12-20(28)13-15-21)24-16-17(2)29(23-7-5-4-6-22(23)24)26(32)18-8-10-19(27)11-9-18/h4-15,17,24H,3,16H2,1-2H3. The number of nitrogens with zero attached hydrogens (tertiary/aromatic N) is 2. The zero-order chi connectivity index (χ0) is 22.8. The van der Waals surface area contributed by atoms with Crippen LogP contribution in [0.1, 0.15) is 48.7 Å². The molecular weight excluding hydrogens is 410 g/mol. The lowest BCUT2D eigenvalue weighted by atomic mass is 9.89. The molecule has 0 saturated heterocycles. The molecule has 3 aromatic rings. The largest absolute Gasteiger partial charge is 0.305 e. The number of fused-ring (bicyclic) bond motifs is 1. The third-order valence-electron chi connectivity index (χ3n) is 5.86. The van der Waals surface area contributed by atoms with Crippen molar-refractivity contribution in [3.8, 4) is 0 Å². The highest BCUT2D eigenvalue weighted by atomic mass is 19.1. The molecule has 0 spiro atoms. The van der Waals surface area contributed by atoms with Gasteiger partial charge in [-0.15, -0.1) is 0 Å². The molecular formula is C26H24F2N2O2. The van der Waals surface area contributed by atoms with Gasteiger partial charge in [0.2, 0.25) is 5.91 Å². The fraction of sp³-hybridized carbons (Fsp3) is 0.231. The molecule has 2 unspecified atom stereocenters. The van der Waals surface area contributed by atoms with Gasteiger partial charge in [-0.1, -0.05) is 25.1 Å². The van der Waals surface area contributed by atoms with Gasteiger partial charge in [0.25, 0.3) is 5.91 Å². The van der Waals surface area contributed by atoms with Crippen LogP contribution in [0.3, 0.4) is 0 Å². The normalized spacial score (nSPS) is 17.6. The number of hydrogen-bond acceptors (Lipinski definition) is 2. The molecule has 32 heavy (non-hydrogen) atoms. The van der Waals surface area contributed by atoms with E-state index in [1.54, 1.807) is 28.9 Å². The van der Waals surface area contributed by atoms with E-state index in [1.807, 2.05) is 31.2 Å². The van der Waals surface area contributed by atoms with E-state index in [9.17, 15) is 18.4 Å². The maximum Gasteiger partial charge on any atom is 0.258 e. The first-order chi connectivity index (χ1) is 15.4. The summed E-state index contributed by atoms with van der Waals surface area (Å²) in [5.41, 5.74) is 2.56. The van der Waals surface area contributed by atoms with Crippen LogP contribution in [-0.4, -0.2) is 17.9 Å². The number of rotatable bonds is 4. The molecule has 1 aliphatic heterocycles. The topological polar surface area (TPSA) is 40.6 Å². The zero-order valence-corrected chi connectivity index (χ0v) is 18.0. The molecule has 0 N–H and O–H groups in total. The molecule has 6 heteroatoms. The number of benzene rings is 3. The molecule has 0 radical (unpaired) electrons. The number of carbonyl (C=O) groups is 2. The molecule has 0 aliphatic carbocycles. The SMILES string of the molecule is CCC(=O)N(c1ccc(F)cc1)C1CC(C)N(C(=O)c2ccc(F)cc2)c2ccccc21. The molecule has 1 heterocycles. The maximum atomic E-state index is 13.5. The monoisotopic (exact) mass is 434 g/mol. The van der Waals surface area contributed by atoms with Gasteiger partial charge in [0.05, 0.1) is 6.04 Å². The third-order valence-corrected chi connectivity index (χ3v) is 5.86. The van der Waals surface area contributed by atoms with E-state index >= 15 is 0 Å². The molecule has 0 bridgehead atoms. The number of anilines is 2. The second-order valence-electron chi connectivity index (χ2n) is 7.94. The van der Waals surface area contributed by atoms with E-state index in [1.165, 1.54) is 36.4 Å². The summed E-state index contributed by atoms with van der Waals surface area (Å²) in [6.07, 6.45) is 0.801. The lowest BCUT2D eigenvalue weighted by molar-refractivity contribution is -0.118. The van der Waals surface area contributed by atoms with Crippen molar-refractivity contribution in [1.29, 1.82) is 0 Å². The van der Waals surface area contributed by atoms with Gasteiger partial charge in [-0.3, -0.25) is 9.59 Å². The smallest absolute Gasteiger partial charge is 0.258 e. The summed E-state index contributed by atoms with van der Waals surface area (Å²) in [4.78, 5) is 29.7. The van der Waals surface area contributed by atoms with Crippen molar-refractivity contribution < 1.29 is 18.4 Å². The highest BCUT2D eigenvalue weighted by Crippen LogP contribution is 2.43. The molecule has 3 aromatic carbocycles. The predicted molar refractivity (Wildman–Crippen MR) is 121 cm³/mol. The molecule has 164 valence electrons. The first kappa shape index (κ1) is 21.7. The first-order valence-corrected chi connectivity index (χ1v) is 10.7. The summed E-state index contributed by atoms with van der Waals surface area (Å²) in [5, 5.41) is 0. The Morgan fingerprint density at radius 2 is 1.53 bits per heavy atom. The van der Waals surface area contributed by atoms with Crippen LogP contribution in [0.25, 0.3) is 0 Å². The molecule has 2 amide bonds. The van der Waals surface area contributed by atoms with Gasteiger partial charge in [0.1, 0.15) is 11.6 Å². The molecule has 2 atom stereocenters. The van der Waals surface area contributed by atoms with Gasteiger partial charge >= 0.3 is 0 Å². The van der Waals surface area contributed by atoms with E-state index in [-0.39, 0.29) is 29.7 Å². The van der Waals surface area contributed by atoms with E-state index in [2.05, 4.69) is 0 Å². The number of halogens is 2. The molecule has 1 aliphatic rings. The quantitative estimate of drug-likeness (QED) is 0.514. The minimum Gasteiger partial charge on any atom is -0.305 e. The number of para-hydroxylation sites is 1. The summed E-state index contributed by atoms with van der Waals surface area (Å²) < 4.78 is 26.9. The van der Waals surface area contributed by atoms with Gasteiger partial charge in [-0.2, -0.15) is 0 Å². The van der Waals surface area contributed by atoms with Crippen molar-refractivity contribution in [2.45, 2.75) is 38.8 Å². The highest BCUT2D eigenvalue weighted by molar-refractivity contribution is 6.07. The molecule has 0 fully saturated rings. The van der Waals surface area contributed by atoms with E-state index in [0.717, 1.165) is 5.56 Å². The maximum absolute atomic E-state index is 13.5. The van der Waals surface area contributed by atoms with Crippen molar-refractivity contribution in [2.75, 3.05) is 9.80 Å². The lowest BCUT2D eigenvalue weighted by Crippen LogP contribution is -2.47. The number of hydrogen-bond donors (Lipinski definition) is 0. The first-order valence-electron chi connectivity index (χ1n) is 10.7. The average molecular weight is 434 g/mol. The van der Waals surface area contributed by atoms with Crippen LogP contribution in [0.4, 0.5) is 20.2 Å². The summed E-state index contributed by atoms with van der Waals surface area (Å²) in [7, 11) is 0. The van der Waals surface area contributed by atoms with Crippen LogP contribution in [0.15, 0.2) is 72.8 Å². The summed E-state index contributed by atoms with van der Waals surface area (Å²) in [6, 6.07) is 18.4. The highest BCUT2D eigenvalue weighted by Gasteiger charge is 2.38. The predicted octanol–water partition coefficient (Wildman–Crippen LogP) is 5.89. The van der Waals surface area contributed by atoms with Crippen LogP contribution in [-0.2, 0) is 4.79 Å². The average Bonchev–Trinajstić information content (AvgIpc) is 2.80. The molecule has 0 saturated carbocycles. The van der Waals surface area contributed by atoms with Gasteiger partial charge in [-0.25, -0.2) is 8.78 Å². The second kappa shape index (κ2) is 8.91. The van der Waals surface area contributed by atoms with Gasteiger partial charge in [0.15, 0.2) is 0 Å². The summed E-state index contributed by atoms with van der Waals surface area (Å²) in [6.45, 7) is 3.73. The Morgan fingerprint density at radius 3 is 2.16 bits per heavy atom. The van der Waals surface area contributed by atoms with Crippen molar-refractivity contribution >= 4 is 23.2 Å². The number of carbonyl (C=O) groups excluding carboxylic acids is 2. The summed E-state index contributed by atoms with van der Waals surface area (Å²) >= 11 is 0. The van der Waals surface area contributed by atoms with Crippen molar-refractivity contribution in [1.82, 2.24) is 0 Å². The lowest BCUT2D eigenvalue weighted by Gasteiger charge is -2.43. The second-order valence-corrected chi connectivity index (χ2v) is 7.94. The fourth-order valence-electron chi connectivity index (χ4n) is 4.34. The molecule has 0 aromatic heterocycles. The Labute approximate surface area is 186 Å². The van der Waals surface area contributed by atoms with Gasteiger partial charge < -0.3 is 9.80 Å².